The Bertz CT molecular complexity index is 785. The molecule has 0 radical (unpaired) electrons. The minimum Gasteiger partial charge on any atom is -0.481 e. The van der Waals surface area contributed by atoms with E-state index in [1.54, 1.807) is 0 Å². The highest BCUT2D eigenvalue weighted by Crippen LogP contribution is 2.24. The number of halogens is 2. The maximum Gasteiger partial charge on any atom is 0.264 e. The first-order valence-electron chi connectivity index (χ1n) is 5.48. The van der Waals surface area contributed by atoms with Crippen LogP contribution >= 0.6 is 27.5 Å². The van der Waals surface area contributed by atoms with Crippen LogP contribution in [0.4, 0.5) is 11.6 Å². The molecule has 0 aliphatic heterocycles. The molecule has 0 saturated heterocycles. The molecule has 0 unspecified atom stereocenters. The number of anilines is 2. The number of hydrogen-bond donors (Lipinski definition) is 2. The number of benzene rings is 1. The van der Waals surface area contributed by atoms with Crippen LogP contribution in [0, 0.1) is 0 Å². The summed E-state index contributed by atoms with van der Waals surface area (Å²) in [5, 5.41) is 0.0537. The van der Waals surface area contributed by atoms with Crippen molar-refractivity contribution >= 4 is 49.2 Å². The van der Waals surface area contributed by atoms with Gasteiger partial charge in [0.05, 0.1) is 12.0 Å². The first-order valence-corrected chi connectivity index (χ1v) is 8.13. The number of aromatic nitrogens is 2. The summed E-state index contributed by atoms with van der Waals surface area (Å²) in [6, 6.07) is 5.57. The second kappa shape index (κ2) is 6.04. The lowest BCUT2D eigenvalue weighted by molar-refractivity contribution is 0.397. The highest BCUT2D eigenvalue weighted by atomic mass is 79.9. The molecule has 0 bridgehead atoms. The summed E-state index contributed by atoms with van der Waals surface area (Å²) in [5.74, 6) is -0.0431. The van der Waals surface area contributed by atoms with E-state index in [0.717, 1.165) is 0 Å². The van der Waals surface area contributed by atoms with E-state index in [9.17, 15) is 8.42 Å². The Morgan fingerprint density at radius 3 is 2.67 bits per heavy atom. The van der Waals surface area contributed by atoms with Crippen molar-refractivity contribution in [3.8, 4) is 5.88 Å². The zero-order chi connectivity index (χ0) is 15.6. The molecule has 2 aromatic rings. The Labute approximate surface area is 134 Å². The van der Waals surface area contributed by atoms with Gasteiger partial charge in [-0.05, 0) is 34.1 Å². The maximum absolute atomic E-state index is 12.2. The lowest BCUT2D eigenvalue weighted by Gasteiger charge is -2.09. The van der Waals surface area contributed by atoms with E-state index >= 15 is 0 Å². The number of rotatable bonds is 4. The fraction of sp³-hybridized carbons (Fsp3) is 0.0909. The number of ether oxygens (including phenoxy) is 1. The first kappa shape index (κ1) is 15.8. The number of nitrogens with one attached hydrogen (secondary N) is 1. The van der Waals surface area contributed by atoms with E-state index < -0.39 is 10.0 Å². The molecule has 0 spiro atoms. The van der Waals surface area contributed by atoms with Crippen molar-refractivity contribution in [1.29, 1.82) is 0 Å². The van der Waals surface area contributed by atoms with Crippen LogP contribution in [0.3, 0.4) is 0 Å². The quantitative estimate of drug-likeness (QED) is 0.609. The highest BCUT2D eigenvalue weighted by molar-refractivity contribution is 9.10. The van der Waals surface area contributed by atoms with Gasteiger partial charge in [0.2, 0.25) is 11.8 Å². The van der Waals surface area contributed by atoms with Crippen LogP contribution in [0.25, 0.3) is 0 Å². The highest BCUT2D eigenvalue weighted by Gasteiger charge is 2.17. The van der Waals surface area contributed by atoms with Crippen LogP contribution < -0.4 is 15.2 Å². The van der Waals surface area contributed by atoms with Crippen LogP contribution in [-0.4, -0.2) is 25.5 Å². The van der Waals surface area contributed by atoms with Crippen molar-refractivity contribution in [3.63, 3.8) is 0 Å². The molecule has 3 N–H and O–H groups in total. The number of nitrogen functional groups attached to an aromatic ring is 1. The molecular formula is C11H10BrClN4O3S. The second-order valence-corrected chi connectivity index (χ2v) is 6.77. The molecule has 112 valence electrons. The third kappa shape index (κ3) is 3.74. The summed E-state index contributed by atoms with van der Waals surface area (Å²) < 4.78 is 32.1. The number of nitrogens with two attached hydrogens (primary N) is 1. The topological polar surface area (TPSA) is 107 Å². The Morgan fingerprint density at radius 2 is 2.05 bits per heavy atom. The molecule has 1 aromatic heterocycles. The standard InChI is InChI=1S/C11H10BrClN4O3S/c1-20-10-5-9(13)15-11(16-10)17-21(18,19)6-2-3-8(14)7(12)4-6/h2-5H,14H2,1H3,(H,15,16,17). The van der Waals surface area contributed by atoms with Gasteiger partial charge in [-0.15, -0.1) is 0 Å². The first-order chi connectivity index (χ1) is 9.81. The van der Waals surface area contributed by atoms with Gasteiger partial charge in [-0.3, -0.25) is 0 Å². The van der Waals surface area contributed by atoms with Crippen LogP contribution in [0.5, 0.6) is 5.88 Å². The predicted molar refractivity (Wildman–Crippen MR) is 83.0 cm³/mol. The minimum atomic E-state index is -3.87. The lowest BCUT2D eigenvalue weighted by Crippen LogP contribution is -2.15. The molecule has 0 atom stereocenters. The van der Waals surface area contributed by atoms with Gasteiger partial charge < -0.3 is 10.5 Å². The number of sulfonamides is 1. The van der Waals surface area contributed by atoms with Gasteiger partial charge in [-0.1, -0.05) is 11.6 Å². The van der Waals surface area contributed by atoms with Crippen molar-refractivity contribution < 1.29 is 13.2 Å². The van der Waals surface area contributed by atoms with E-state index in [2.05, 4.69) is 30.6 Å². The molecule has 0 aliphatic carbocycles. The molecular weight excluding hydrogens is 384 g/mol. The molecule has 10 heteroatoms. The Kier molecular flexibility index (Phi) is 4.55. The predicted octanol–water partition coefficient (Wildman–Crippen LogP) is 2.28. The van der Waals surface area contributed by atoms with Gasteiger partial charge in [-0.2, -0.15) is 4.98 Å². The summed E-state index contributed by atoms with van der Waals surface area (Å²) in [4.78, 5) is 7.64. The average molecular weight is 394 g/mol. The van der Waals surface area contributed by atoms with E-state index in [0.29, 0.717) is 10.2 Å². The third-order valence-electron chi connectivity index (χ3n) is 2.39. The number of nitrogens with zero attached hydrogens (tertiary/aromatic N) is 2. The fourth-order valence-corrected chi connectivity index (χ4v) is 3.07. The van der Waals surface area contributed by atoms with Gasteiger partial charge in [0.15, 0.2) is 0 Å². The monoisotopic (exact) mass is 392 g/mol. The molecule has 7 nitrogen and oxygen atoms in total. The van der Waals surface area contributed by atoms with Gasteiger partial charge >= 0.3 is 0 Å². The lowest BCUT2D eigenvalue weighted by atomic mass is 10.3. The van der Waals surface area contributed by atoms with Gasteiger partial charge in [-0.25, -0.2) is 18.1 Å². The van der Waals surface area contributed by atoms with Gasteiger partial charge in [0.25, 0.3) is 10.0 Å². The van der Waals surface area contributed by atoms with Crippen LogP contribution in [0.15, 0.2) is 33.6 Å². The van der Waals surface area contributed by atoms with E-state index in [1.165, 1.54) is 31.4 Å². The Hall–Kier alpha value is -1.58. The van der Waals surface area contributed by atoms with E-state index in [1.807, 2.05) is 0 Å². The van der Waals surface area contributed by atoms with E-state index in [4.69, 9.17) is 22.1 Å². The minimum absolute atomic E-state index is 0.00566. The SMILES string of the molecule is COc1cc(Cl)nc(NS(=O)(=O)c2ccc(N)c(Br)c2)n1. The molecule has 1 heterocycles. The largest absolute Gasteiger partial charge is 0.481 e. The molecule has 0 fully saturated rings. The average Bonchev–Trinajstić information content (AvgIpc) is 2.40. The smallest absolute Gasteiger partial charge is 0.264 e. The Balaban J connectivity index is 2.37. The summed E-state index contributed by atoms with van der Waals surface area (Å²) >= 11 is 8.93. The Morgan fingerprint density at radius 1 is 1.33 bits per heavy atom. The third-order valence-corrected chi connectivity index (χ3v) is 4.59. The summed E-state index contributed by atoms with van der Waals surface area (Å²) in [5.41, 5.74) is 6.05. The van der Waals surface area contributed by atoms with E-state index in [-0.39, 0.29) is 21.9 Å². The molecule has 0 aliphatic rings. The molecule has 1 aromatic carbocycles. The maximum atomic E-state index is 12.2. The van der Waals surface area contributed by atoms with Crippen LogP contribution in [-0.2, 0) is 10.0 Å². The number of methoxy groups -OCH3 is 1. The van der Waals surface area contributed by atoms with Crippen molar-refractivity contribution in [2.24, 2.45) is 0 Å². The van der Waals surface area contributed by atoms with Crippen molar-refractivity contribution in [2.75, 3.05) is 17.6 Å². The zero-order valence-electron chi connectivity index (χ0n) is 10.7. The molecule has 0 saturated carbocycles. The zero-order valence-corrected chi connectivity index (χ0v) is 13.8. The normalized spacial score (nSPS) is 11.2. The van der Waals surface area contributed by atoms with Crippen molar-refractivity contribution in [1.82, 2.24) is 9.97 Å². The van der Waals surface area contributed by atoms with Crippen LogP contribution in [0.2, 0.25) is 5.15 Å². The van der Waals surface area contributed by atoms with Crippen molar-refractivity contribution in [2.45, 2.75) is 4.90 Å². The molecule has 21 heavy (non-hydrogen) atoms. The molecule has 0 amide bonds. The summed E-state index contributed by atoms with van der Waals surface area (Å²) in [7, 11) is -2.49. The van der Waals surface area contributed by atoms with Crippen molar-refractivity contribution in [3.05, 3.63) is 33.9 Å². The fourth-order valence-electron chi connectivity index (χ4n) is 1.40. The second-order valence-electron chi connectivity index (χ2n) is 3.85. The van der Waals surface area contributed by atoms with Gasteiger partial charge in [0.1, 0.15) is 5.15 Å². The van der Waals surface area contributed by atoms with Gasteiger partial charge in [0, 0.05) is 16.2 Å². The summed E-state index contributed by atoms with van der Waals surface area (Å²) in [6.45, 7) is 0. The van der Waals surface area contributed by atoms with Crippen LogP contribution in [0.1, 0.15) is 0 Å². The molecule has 2 rings (SSSR count). The summed E-state index contributed by atoms with van der Waals surface area (Å²) in [6.07, 6.45) is 0. The number of hydrogen-bond acceptors (Lipinski definition) is 6.